The zero-order valence-corrected chi connectivity index (χ0v) is 8.56. The maximum atomic E-state index is 12.6. The molecule has 1 aromatic rings. The second-order valence-corrected chi connectivity index (χ2v) is 3.16. The molecule has 0 heterocycles. The van der Waals surface area contributed by atoms with Crippen molar-refractivity contribution in [3.05, 3.63) is 34.9 Å². The van der Waals surface area contributed by atoms with Crippen LogP contribution in [0.15, 0.2) is 18.2 Å². The molecule has 0 amide bonds. The summed E-state index contributed by atoms with van der Waals surface area (Å²) in [5.41, 5.74) is -2.11. The van der Waals surface area contributed by atoms with Gasteiger partial charge in [0.25, 0.3) is 0 Å². The first-order chi connectivity index (χ1) is 7.41. The fourth-order valence-electron chi connectivity index (χ4n) is 1.25. The fraction of sp³-hybridized carbons (Fsp3) is 0.200. The lowest BCUT2D eigenvalue weighted by Crippen LogP contribution is -2.15. The van der Waals surface area contributed by atoms with Crippen LogP contribution in [0.25, 0.3) is 0 Å². The topological polar surface area (TPSA) is 40.9 Å². The van der Waals surface area contributed by atoms with E-state index in [9.17, 15) is 18.0 Å². The SMILES string of the molecule is N#Cc1cccc(C(F)(F)F)c1C(=O)CCl. The van der Waals surface area contributed by atoms with E-state index in [0.29, 0.717) is 0 Å². The van der Waals surface area contributed by atoms with Crippen molar-refractivity contribution in [2.45, 2.75) is 6.18 Å². The molecular formula is C10H5ClF3NO. The molecule has 0 aromatic heterocycles. The highest BCUT2D eigenvalue weighted by Crippen LogP contribution is 2.33. The number of Topliss-reactive ketones (excluding diaryl/α,β-unsaturated/α-hetero) is 1. The van der Waals surface area contributed by atoms with Crippen molar-refractivity contribution >= 4 is 17.4 Å². The number of carbonyl (C=O) groups excluding carboxylic acids is 1. The molecule has 0 aliphatic rings. The summed E-state index contributed by atoms with van der Waals surface area (Å²) in [6.07, 6.45) is -4.68. The Balaban J connectivity index is 3.52. The van der Waals surface area contributed by atoms with Gasteiger partial charge >= 0.3 is 6.18 Å². The van der Waals surface area contributed by atoms with E-state index in [4.69, 9.17) is 16.9 Å². The highest BCUT2D eigenvalue weighted by Gasteiger charge is 2.36. The van der Waals surface area contributed by atoms with Gasteiger partial charge in [-0.2, -0.15) is 18.4 Å². The molecule has 1 aromatic carbocycles. The van der Waals surface area contributed by atoms with E-state index in [2.05, 4.69) is 0 Å². The molecule has 0 bridgehead atoms. The summed E-state index contributed by atoms with van der Waals surface area (Å²) in [4.78, 5) is 11.3. The molecule has 0 aliphatic carbocycles. The van der Waals surface area contributed by atoms with Crippen LogP contribution in [0.5, 0.6) is 0 Å². The predicted molar refractivity (Wildman–Crippen MR) is 51.2 cm³/mol. The maximum absolute atomic E-state index is 12.6. The van der Waals surface area contributed by atoms with Gasteiger partial charge in [-0.1, -0.05) is 6.07 Å². The molecule has 0 unspecified atom stereocenters. The largest absolute Gasteiger partial charge is 0.417 e. The molecule has 0 saturated heterocycles. The van der Waals surface area contributed by atoms with Gasteiger partial charge in [-0.3, -0.25) is 4.79 Å². The number of ketones is 1. The van der Waals surface area contributed by atoms with Crippen molar-refractivity contribution in [1.82, 2.24) is 0 Å². The Morgan fingerprint density at radius 1 is 1.44 bits per heavy atom. The zero-order chi connectivity index (χ0) is 12.3. The molecule has 0 aliphatic heterocycles. The van der Waals surface area contributed by atoms with Gasteiger partial charge in [0.05, 0.1) is 23.1 Å². The Labute approximate surface area is 94.2 Å². The van der Waals surface area contributed by atoms with Gasteiger partial charge in [0.2, 0.25) is 0 Å². The first-order valence-electron chi connectivity index (χ1n) is 4.11. The van der Waals surface area contributed by atoms with E-state index >= 15 is 0 Å². The molecular weight excluding hydrogens is 243 g/mol. The van der Waals surface area contributed by atoms with Crippen LogP contribution in [0, 0.1) is 11.3 Å². The minimum absolute atomic E-state index is 0.319. The predicted octanol–water partition coefficient (Wildman–Crippen LogP) is 3.00. The number of nitrogens with zero attached hydrogens (tertiary/aromatic N) is 1. The monoisotopic (exact) mass is 247 g/mol. The lowest BCUT2D eigenvalue weighted by atomic mass is 9.98. The Kier molecular flexibility index (Phi) is 3.55. The standard InChI is InChI=1S/C10H5ClF3NO/c11-4-8(16)9-6(5-15)2-1-3-7(9)10(12,13)14/h1-3H,4H2. The summed E-state index contributed by atoms with van der Waals surface area (Å²) in [6.45, 7) is 0. The number of hydrogen-bond acceptors (Lipinski definition) is 2. The Hall–Kier alpha value is -1.54. The van der Waals surface area contributed by atoms with Crippen LogP contribution in [0.4, 0.5) is 13.2 Å². The summed E-state index contributed by atoms with van der Waals surface area (Å²) in [6, 6.07) is 4.52. The first-order valence-corrected chi connectivity index (χ1v) is 4.64. The van der Waals surface area contributed by atoms with Crippen molar-refractivity contribution in [3.8, 4) is 6.07 Å². The molecule has 16 heavy (non-hydrogen) atoms. The molecule has 0 spiro atoms. The Bertz CT molecular complexity index is 462. The van der Waals surface area contributed by atoms with Crippen LogP contribution in [-0.2, 0) is 6.18 Å². The molecule has 0 radical (unpaired) electrons. The van der Waals surface area contributed by atoms with E-state index in [0.717, 1.165) is 18.2 Å². The number of alkyl halides is 4. The van der Waals surface area contributed by atoms with Crippen LogP contribution in [0.3, 0.4) is 0 Å². The molecule has 6 heteroatoms. The van der Waals surface area contributed by atoms with Crippen molar-refractivity contribution in [2.75, 3.05) is 5.88 Å². The summed E-state index contributed by atoms with van der Waals surface area (Å²) >= 11 is 5.21. The summed E-state index contributed by atoms with van der Waals surface area (Å²) < 4.78 is 37.7. The van der Waals surface area contributed by atoms with Gasteiger partial charge in [-0.15, -0.1) is 11.6 Å². The van der Waals surface area contributed by atoms with Crippen LogP contribution in [0.1, 0.15) is 21.5 Å². The summed E-state index contributed by atoms with van der Waals surface area (Å²) in [7, 11) is 0. The number of benzene rings is 1. The van der Waals surface area contributed by atoms with Crippen LogP contribution >= 0.6 is 11.6 Å². The van der Waals surface area contributed by atoms with Gasteiger partial charge < -0.3 is 0 Å². The number of carbonyl (C=O) groups is 1. The quantitative estimate of drug-likeness (QED) is 0.595. The van der Waals surface area contributed by atoms with Crippen LogP contribution in [0.2, 0.25) is 0 Å². The van der Waals surface area contributed by atoms with E-state index in [1.54, 1.807) is 6.07 Å². The zero-order valence-electron chi connectivity index (χ0n) is 7.81. The number of hydrogen-bond donors (Lipinski definition) is 0. The average Bonchev–Trinajstić information content (AvgIpc) is 2.25. The molecule has 0 saturated carbocycles. The highest BCUT2D eigenvalue weighted by molar-refractivity contribution is 6.31. The summed E-state index contributed by atoms with van der Waals surface area (Å²) in [5, 5.41) is 8.64. The smallest absolute Gasteiger partial charge is 0.293 e. The average molecular weight is 248 g/mol. The van der Waals surface area contributed by atoms with Crippen molar-refractivity contribution in [3.63, 3.8) is 0 Å². The van der Waals surface area contributed by atoms with E-state index < -0.39 is 29.0 Å². The second-order valence-electron chi connectivity index (χ2n) is 2.89. The van der Waals surface area contributed by atoms with Gasteiger partial charge in [-0.05, 0) is 12.1 Å². The lowest BCUT2D eigenvalue weighted by molar-refractivity contribution is -0.137. The van der Waals surface area contributed by atoms with Crippen molar-refractivity contribution in [1.29, 1.82) is 5.26 Å². The molecule has 0 atom stereocenters. The Morgan fingerprint density at radius 2 is 2.06 bits per heavy atom. The summed E-state index contributed by atoms with van der Waals surface area (Å²) in [5.74, 6) is -1.51. The third kappa shape index (κ3) is 2.34. The van der Waals surface area contributed by atoms with Gasteiger partial charge in [0, 0.05) is 5.56 Å². The third-order valence-electron chi connectivity index (χ3n) is 1.89. The van der Waals surface area contributed by atoms with Gasteiger partial charge in [0.1, 0.15) is 0 Å². The minimum Gasteiger partial charge on any atom is -0.293 e. The fourth-order valence-corrected chi connectivity index (χ4v) is 1.38. The minimum atomic E-state index is -4.68. The van der Waals surface area contributed by atoms with Gasteiger partial charge in [0.15, 0.2) is 5.78 Å². The van der Waals surface area contributed by atoms with Crippen molar-refractivity contribution < 1.29 is 18.0 Å². The van der Waals surface area contributed by atoms with Crippen molar-refractivity contribution in [2.24, 2.45) is 0 Å². The Morgan fingerprint density at radius 3 is 2.50 bits per heavy atom. The molecule has 2 nitrogen and oxygen atoms in total. The van der Waals surface area contributed by atoms with E-state index in [1.165, 1.54) is 0 Å². The normalized spacial score (nSPS) is 10.9. The van der Waals surface area contributed by atoms with Gasteiger partial charge in [-0.25, -0.2) is 0 Å². The van der Waals surface area contributed by atoms with E-state index in [1.807, 2.05) is 0 Å². The first kappa shape index (κ1) is 12.5. The second kappa shape index (κ2) is 4.54. The van der Waals surface area contributed by atoms with E-state index in [-0.39, 0.29) is 5.56 Å². The maximum Gasteiger partial charge on any atom is 0.417 e. The molecule has 0 N–H and O–H groups in total. The number of nitriles is 1. The molecule has 0 fully saturated rings. The third-order valence-corrected chi connectivity index (χ3v) is 2.13. The molecule has 1 rings (SSSR count). The highest BCUT2D eigenvalue weighted by atomic mass is 35.5. The molecule has 84 valence electrons. The lowest BCUT2D eigenvalue weighted by Gasteiger charge is -2.12. The number of halogens is 4. The van der Waals surface area contributed by atoms with Crippen LogP contribution < -0.4 is 0 Å². The van der Waals surface area contributed by atoms with Crippen LogP contribution in [-0.4, -0.2) is 11.7 Å². The number of rotatable bonds is 2.